The monoisotopic (exact) mass is 317 g/mol. The molecule has 0 bridgehead atoms. The van der Waals surface area contributed by atoms with Gasteiger partial charge in [0.25, 0.3) is 0 Å². The maximum Gasteiger partial charge on any atom is 0.0837 e. The summed E-state index contributed by atoms with van der Waals surface area (Å²) in [5, 5.41) is 5.91. The van der Waals surface area contributed by atoms with Crippen molar-refractivity contribution in [1.82, 2.24) is 9.78 Å². The first-order chi connectivity index (χ1) is 8.91. The third kappa shape index (κ3) is 2.90. The summed E-state index contributed by atoms with van der Waals surface area (Å²) in [6, 6.07) is 4.89. The first kappa shape index (κ1) is 14.7. The summed E-state index contributed by atoms with van der Waals surface area (Å²) >= 11 is 18.4. The fourth-order valence-electron chi connectivity index (χ4n) is 1.95. The van der Waals surface area contributed by atoms with Gasteiger partial charge in [0.1, 0.15) is 0 Å². The molecule has 1 aromatic heterocycles. The molecule has 2 aromatic rings. The van der Waals surface area contributed by atoms with Gasteiger partial charge in [0.05, 0.1) is 23.0 Å². The number of nitrogens with two attached hydrogens (primary N) is 1. The van der Waals surface area contributed by atoms with Crippen LogP contribution in [0, 0.1) is 0 Å². The maximum absolute atomic E-state index is 6.28. The van der Waals surface area contributed by atoms with Crippen molar-refractivity contribution in [3.8, 4) is 0 Å². The number of hydrogen-bond donors (Lipinski definition) is 1. The fraction of sp³-hybridized carbons (Fsp3) is 0.308. The van der Waals surface area contributed by atoms with Crippen molar-refractivity contribution in [3.63, 3.8) is 0 Å². The Bertz CT molecular complexity index is 593. The molecular formula is C13H14Cl3N3. The van der Waals surface area contributed by atoms with E-state index >= 15 is 0 Å². The Morgan fingerprint density at radius 1 is 1.16 bits per heavy atom. The van der Waals surface area contributed by atoms with Crippen molar-refractivity contribution >= 4 is 34.8 Å². The quantitative estimate of drug-likeness (QED) is 0.907. The van der Waals surface area contributed by atoms with Crippen LogP contribution in [0.25, 0.3) is 0 Å². The molecule has 0 aliphatic rings. The minimum absolute atomic E-state index is 0.159. The second-order valence-corrected chi connectivity index (χ2v) is 5.81. The SMILES string of the molecule is CC(C)n1ncc(Cl)c1C(N)c1cc(Cl)ccc1Cl. The van der Waals surface area contributed by atoms with Crippen molar-refractivity contribution < 1.29 is 0 Å². The van der Waals surface area contributed by atoms with Crippen LogP contribution in [0.15, 0.2) is 24.4 Å². The summed E-state index contributed by atoms with van der Waals surface area (Å²) < 4.78 is 1.80. The van der Waals surface area contributed by atoms with E-state index in [-0.39, 0.29) is 6.04 Å². The van der Waals surface area contributed by atoms with Crippen LogP contribution in [-0.4, -0.2) is 9.78 Å². The molecular weight excluding hydrogens is 305 g/mol. The lowest BCUT2D eigenvalue weighted by atomic mass is 10.0. The second kappa shape index (κ2) is 5.71. The zero-order valence-corrected chi connectivity index (χ0v) is 12.8. The van der Waals surface area contributed by atoms with Crippen LogP contribution >= 0.6 is 34.8 Å². The van der Waals surface area contributed by atoms with Crippen LogP contribution in [0.3, 0.4) is 0 Å². The molecule has 1 atom stereocenters. The van der Waals surface area contributed by atoms with Gasteiger partial charge in [0.2, 0.25) is 0 Å². The van der Waals surface area contributed by atoms with Gasteiger partial charge in [-0.05, 0) is 37.6 Å². The van der Waals surface area contributed by atoms with Crippen molar-refractivity contribution in [2.75, 3.05) is 0 Å². The van der Waals surface area contributed by atoms with Gasteiger partial charge in [-0.25, -0.2) is 0 Å². The van der Waals surface area contributed by atoms with E-state index in [1.807, 2.05) is 13.8 Å². The molecule has 0 saturated carbocycles. The molecule has 0 aliphatic heterocycles. The molecule has 1 unspecified atom stereocenters. The molecule has 0 spiro atoms. The molecule has 6 heteroatoms. The molecule has 0 aliphatic carbocycles. The van der Waals surface area contributed by atoms with Gasteiger partial charge in [0, 0.05) is 16.1 Å². The van der Waals surface area contributed by atoms with Gasteiger partial charge in [-0.15, -0.1) is 0 Å². The summed E-state index contributed by atoms with van der Waals surface area (Å²) in [4.78, 5) is 0. The summed E-state index contributed by atoms with van der Waals surface area (Å²) in [5.41, 5.74) is 7.75. The zero-order chi connectivity index (χ0) is 14.2. The van der Waals surface area contributed by atoms with Crippen molar-refractivity contribution in [1.29, 1.82) is 0 Å². The largest absolute Gasteiger partial charge is 0.319 e. The Hall–Kier alpha value is -0.740. The van der Waals surface area contributed by atoms with E-state index in [1.165, 1.54) is 0 Å². The Kier molecular flexibility index (Phi) is 4.41. The molecule has 2 rings (SSSR count). The Morgan fingerprint density at radius 3 is 2.47 bits per heavy atom. The lowest BCUT2D eigenvalue weighted by molar-refractivity contribution is 0.499. The van der Waals surface area contributed by atoms with Gasteiger partial charge in [-0.3, -0.25) is 4.68 Å². The first-order valence-electron chi connectivity index (χ1n) is 5.85. The predicted octanol–water partition coefficient (Wildman–Crippen LogP) is 4.47. The molecule has 0 amide bonds. The lowest BCUT2D eigenvalue weighted by Crippen LogP contribution is -2.19. The predicted molar refractivity (Wildman–Crippen MR) is 80.1 cm³/mol. The number of hydrogen-bond acceptors (Lipinski definition) is 2. The standard InChI is InChI=1S/C13H14Cl3N3/c1-7(2)19-13(11(16)6-18-19)12(17)9-5-8(14)3-4-10(9)15/h3-7,12H,17H2,1-2H3. The number of nitrogens with zero attached hydrogens (tertiary/aromatic N) is 2. The highest BCUT2D eigenvalue weighted by Gasteiger charge is 2.22. The normalized spacial score (nSPS) is 13.0. The van der Waals surface area contributed by atoms with Crippen molar-refractivity contribution in [2.45, 2.75) is 25.9 Å². The van der Waals surface area contributed by atoms with E-state index in [2.05, 4.69) is 5.10 Å². The molecule has 19 heavy (non-hydrogen) atoms. The van der Waals surface area contributed by atoms with Crippen LogP contribution in [-0.2, 0) is 0 Å². The second-order valence-electron chi connectivity index (χ2n) is 4.56. The highest BCUT2D eigenvalue weighted by Crippen LogP contribution is 2.33. The summed E-state index contributed by atoms with van der Waals surface area (Å²) in [6.07, 6.45) is 1.59. The average Bonchev–Trinajstić information content (AvgIpc) is 2.73. The number of aromatic nitrogens is 2. The summed E-state index contributed by atoms with van der Waals surface area (Å²) in [5.74, 6) is 0. The number of benzene rings is 1. The van der Waals surface area contributed by atoms with Gasteiger partial charge in [-0.1, -0.05) is 34.8 Å². The third-order valence-electron chi connectivity index (χ3n) is 2.86. The van der Waals surface area contributed by atoms with Crippen LogP contribution in [0.5, 0.6) is 0 Å². The van der Waals surface area contributed by atoms with Gasteiger partial charge < -0.3 is 5.73 Å². The maximum atomic E-state index is 6.28. The lowest BCUT2D eigenvalue weighted by Gasteiger charge is -2.18. The van der Waals surface area contributed by atoms with E-state index in [0.717, 1.165) is 11.3 Å². The Morgan fingerprint density at radius 2 is 1.84 bits per heavy atom. The van der Waals surface area contributed by atoms with E-state index in [0.29, 0.717) is 15.1 Å². The van der Waals surface area contributed by atoms with Crippen LogP contribution < -0.4 is 5.73 Å². The van der Waals surface area contributed by atoms with Gasteiger partial charge in [0.15, 0.2) is 0 Å². The highest BCUT2D eigenvalue weighted by molar-refractivity contribution is 6.34. The molecule has 1 aromatic carbocycles. The van der Waals surface area contributed by atoms with Crippen molar-refractivity contribution in [3.05, 3.63) is 50.7 Å². The molecule has 2 N–H and O–H groups in total. The third-order valence-corrected chi connectivity index (χ3v) is 3.73. The minimum atomic E-state index is -0.469. The van der Waals surface area contributed by atoms with Gasteiger partial charge >= 0.3 is 0 Å². The summed E-state index contributed by atoms with van der Waals surface area (Å²) in [6.45, 7) is 4.03. The topological polar surface area (TPSA) is 43.8 Å². The highest BCUT2D eigenvalue weighted by atomic mass is 35.5. The molecule has 1 heterocycles. The van der Waals surface area contributed by atoms with Gasteiger partial charge in [-0.2, -0.15) is 5.10 Å². The summed E-state index contributed by atoms with van der Waals surface area (Å²) in [7, 11) is 0. The zero-order valence-electron chi connectivity index (χ0n) is 10.6. The number of halogens is 3. The van der Waals surface area contributed by atoms with E-state index in [9.17, 15) is 0 Å². The van der Waals surface area contributed by atoms with E-state index < -0.39 is 6.04 Å². The molecule has 0 saturated heterocycles. The molecule has 0 fully saturated rings. The van der Waals surface area contributed by atoms with Crippen molar-refractivity contribution in [2.24, 2.45) is 5.73 Å². The smallest absolute Gasteiger partial charge is 0.0837 e. The van der Waals surface area contributed by atoms with E-state index in [4.69, 9.17) is 40.5 Å². The fourth-order valence-corrected chi connectivity index (χ4v) is 2.62. The first-order valence-corrected chi connectivity index (χ1v) is 6.98. The molecule has 102 valence electrons. The number of rotatable bonds is 3. The molecule has 0 radical (unpaired) electrons. The Balaban J connectivity index is 2.52. The minimum Gasteiger partial charge on any atom is -0.319 e. The van der Waals surface area contributed by atoms with Crippen LogP contribution in [0.1, 0.15) is 37.2 Å². The van der Waals surface area contributed by atoms with Crippen LogP contribution in [0.2, 0.25) is 15.1 Å². The Labute approximate surface area is 127 Å². The molecule has 3 nitrogen and oxygen atoms in total. The van der Waals surface area contributed by atoms with E-state index in [1.54, 1.807) is 29.1 Å². The average molecular weight is 319 g/mol. The van der Waals surface area contributed by atoms with Crippen LogP contribution in [0.4, 0.5) is 0 Å².